The van der Waals surface area contributed by atoms with Crippen LogP contribution in [0.2, 0.25) is 0 Å². The molecule has 0 saturated carbocycles. The summed E-state index contributed by atoms with van der Waals surface area (Å²) in [5.41, 5.74) is 4.68. The number of rotatable bonds is 48. The minimum Gasteiger partial charge on any atom is -0.460 e. The van der Waals surface area contributed by atoms with E-state index in [0.29, 0.717) is 168 Å². The van der Waals surface area contributed by atoms with Gasteiger partial charge in [-0.3, -0.25) is 57.6 Å². The molecule has 3 aliphatic heterocycles. The second kappa shape index (κ2) is 41.5. The molecule has 32 heteroatoms. The van der Waals surface area contributed by atoms with Gasteiger partial charge in [0.2, 0.25) is 41.4 Å². The number of pyridine rings is 2. The number of carbonyl (C=O) groups excluding carboxylic acids is 10. The number of unbranched alkanes of at least 4 members (excludes halogenated alkanes) is 2. The van der Waals surface area contributed by atoms with Crippen molar-refractivity contribution in [3.05, 3.63) is 73.8 Å². The third-order valence-corrected chi connectivity index (χ3v) is 17.0. The number of carbonyl (C=O) groups is 10. The number of aromatic nitrogens is 2. The normalized spacial score (nSPS) is 15.5. The first-order valence-electron chi connectivity index (χ1n) is 34.1. The summed E-state index contributed by atoms with van der Waals surface area (Å²) in [4.78, 5) is 149. The van der Waals surface area contributed by atoms with Crippen molar-refractivity contribution in [3.8, 4) is 11.4 Å². The largest absolute Gasteiger partial charge is 0.460 e. The fourth-order valence-corrected chi connectivity index (χ4v) is 11.6. The molecular weight excluding hydrogens is 1310 g/mol. The Bertz CT molecular complexity index is 3420. The number of esters is 1. The molecule has 7 rings (SSSR count). The summed E-state index contributed by atoms with van der Waals surface area (Å²) in [5.74, 6) is -6.68. The van der Waals surface area contributed by atoms with E-state index in [0.717, 1.165) is 16.9 Å². The molecule has 1 aromatic carbocycles. The maximum absolute atomic E-state index is 15.5. The van der Waals surface area contributed by atoms with E-state index in [1.165, 1.54) is 39.0 Å². The third kappa shape index (κ3) is 23.7. The molecule has 1 aliphatic carbocycles. The van der Waals surface area contributed by atoms with Gasteiger partial charge in [0, 0.05) is 68.8 Å². The average Bonchev–Trinajstić information content (AvgIpc) is 1.53. The van der Waals surface area contributed by atoms with E-state index in [2.05, 4.69) is 37.2 Å². The Morgan fingerprint density at radius 1 is 0.610 bits per heavy atom. The van der Waals surface area contributed by atoms with Crippen LogP contribution in [0, 0.1) is 5.82 Å². The van der Waals surface area contributed by atoms with Crippen LogP contribution in [-0.4, -0.2) is 230 Å². The Labute approximate surface area is 578 Å². The van der Waals surface area contributed by atoms with Gasteiger partial charge in [-0.15, -0.1) is 0 Å². The number of imide groups is 1. The van der Waals surface area contributed by atoms with Gasteiger partial charge in [0.25, 0.3) is 17.4 Å². The lowest BCUT2D eigenvalue weighted by atomic mass is 9.90. The number of ether oxygens (including phenoxy) is 10. The van der Waals surface area contributed by atoms with Crippen molar-refractivity contribution in [2.45, 2.75) is 142 Å². The molecular formula is C68H95FN10O21. The number of nitrogens with zero attached hydrogens (tertiary/aromatic N) is 3. The number of hydrogen-bond donors (Lipinski definition) is 7. The molecule has 100 heavy (non-hydrogen) atoms. The van der Waals surface area contributed by atoms with Gasteiger partial charge in [0.05, 0.1) is 134 Å². The third-order valence-electron chi connectivity index (χ3n) is 17.0. The number of cyclic esters (lactones) is 1. The van der Waals surface area contributed by atoms with Crippen LogP contribution in [0.3, 0.4) is 0 Å². The van der Waals surface area contributed by atoms with Crippen LogP contribution in [0.15, 0.2) is 29.1 Å². The van der Waals surface area contributed by atoms with Gasteiger partial charge < -0.3 is 89.2 Å². The molecule has 0 radical (unpaired) electrons. The van der Waals surface area contributed by atoms with E-state index in [1.807, 2.05) is 6.92 Å². The Morgan fingerprint density at radius 3 is 1.79 bits per heavy atom. The fourth-order valence-electron chi connectivity index (χ4n) is 11.6. The molecule has 2 aromatic heterocycles. The van der Waals surface area contributed by atoms with E-state index in [-0.39, 0.29) is 83.2 Å². The quantitative estimate of drug-likeness (QED) is 0.0137. The minimum absolute atomic E-state index is 0.0119. The van der Waals surface area contributed by atoms with Gasteiger partial charge in [-0.25, -0.2) is 9.37 Å². The first-order valence-corrected chi connectivity index (χ1v) is 34.1. The topological polar surface area (TPSA) is 385 Å². The molecule has 5 atom stereocenters. The summed E-state index contributed by atoms with van der Waals surface area (Å²) in [5, 5.41) is 19.0. The van der Waals surface area contributed by atoms with Gasteiger partial charge in [0.1, 0.15) is 49.9 Å². The summed E-state index contributed by atoms with van der Waals surface area (Å²) < 4.78 is 71.2. The Balaban J connectivity index is 0.777. The van der Waals surface area contributed by atoms with Crippen LogP contribution in [0.4, 0.5) is 4.39 Å². The summed E-state index contributed by atoms with van der Waals surface area (Å²) in [6.07, 6.45) is 5.57. The second-order valence-electron chi connectivity index (χ2n) is 24.2. The molecule has 0 unspecified atom stereocenters. The second-order valence-corrected chi connectivity index (χ2v) is 24.2. The number of amides is 9. The van der Waals surface area contributed by atoms with Gasteiger partial charge in [0.15, 0.2) is 0 Å². The smallest absolute Gasteiger partial charge is 0.313 e. The van der Waals surface area contributed by atoms with Crippen LogP contribution in [0.5, 0.6) is 0 Å². The zero-order valence-corrected chi connectivity index (χ0v) is 57.6. The summed E-state index contributed by atoms with van der Waals surface area (Å²) in [6.45, 7) is 11.1. The predicted octanol–water partition coefficient (Wildman–Crippen LogP) is 0.453. The van der Waals surface area contributed by atoms with Gasteiger partial charge in [-0.1, -0.05) is 13.3 Å². The highest BCUT2D eigenvalue weighted by atomic mass is 19.1. The Hall–Kier alpha value is -8.21. The molecule has 5 heterocycles. The molecule has 0 spiro atoms. The average molecular weight is 1410 g/mol. The molecule has 7 N–H and O–H groups in total. The van der Waals surface area contributed by atoms with E-state index in [9.17, 15) is 52.7 Å². The zero-order chi connectivity index (χ0) is 71.9. The van der Waals surface area contributed by atoms with Gasteiger partial charge >= 0.3 is 5.97 Å². The summed E-state index contributed by atoms with van der Waals surface area (Å²) in [7, 11) is 1.61. The molecule has 3 aromatic rings. The van der Waals surface area contributed by atoms with Crippen LogP contribution in [-0.2, 0) is 128 Å². The van der Waals surface area contributed by atoms with Crippen molar-refractivity contribution in [1.29, 1.82) is 0 Å². The predicted molar refractivity (Wildman–Crippen MR) is 355 cm³/mol. The number of hydrogen-bond acceptors (Lipinski definition) is 22. The fraction of sp³-hybridized carbons (Fsp3) is 0.618. The Morgan fingerprint density at radius 2 is 1.18 bits per heavy atom. The van der Waals surface area contributed by atoms with E-state index in [4.69, 9.17) is 52.4 Å². The highest BCUT2D eigenvalue weighted by molar-refractivity contribution is 6.12. The lowest BCUT2D eigenvalue weighted by Gasteiger charge is -2.24. The standard InChI is InChI=1S/C68H95FN10O21/c1-6-45-48-35-55-62-50(38-79(55)67(89)51(48)39-100-68(45)90)49(61-47-12-10-11-46(47)52(69)36-54(61)77-62)37-71-58(82)40-99-41-72-63(85)42(2)74-65(87)44(4)75-64(86)43(3)73-57(81)15-14-53(76-56(80)13-8-7-9-19-78-59(83)16-17-60(78)84)66(88)70-18-20-92-23-24-94-27-28-96-31-32-98-34-33-97-30-29-95-26-25-93-22-21-91-5/h16-17,35-36,42-45,53H,6-15,18-34,37-41H2,1-5H3,(H,70,88)(H,71,82)(H,72,85)(H,73,81)(H,74,87)(H,75,86)(H,76,80)/t42-,43-,44-,45-,53-/m0/s1. The molecule has 550 valence electrons. The van der Waals surface area contributed by atoms with Crippen molar-refractivity contribution in [2.24, 2.45) is 0 Å². The van der Waals surface area contributed by atoms with E-state index >= 15 is 4.39 Å². The van der Waals surface area contributed by atoms with E-state index < -0.39 is 103 Å². The Kier molecular flexibility index (Phi) is 32.8. The lowest BCUT2D eigenvalue weighted by Crippen LogP contribution is -2.54. The number of benzene rings is 1. The maximum Gasteiger partial charge on any atom is 0.313 e. The minimum atomic E-state index is -1.19. The summed E-state index contributed by atoms with van der Waals surface area (Å²) >= 11 is 0. The van der Waals surface area contributed by atoms with Gasteiger partial charge in [-0.2, -0.15) is 0 Å². The highest BCUT2D eigenvalue weighted by Crippen LogP contribution is 2.42. The van der Waals surface area contributed by atoms with Crippen molar-refractivity contribution >= 4 is 70.0 Å². The highest BCUT2D eigenvalue weighted by Gasteiger charge is 2.36. The maximum atomic E-state index is 15.5. The van der Waals surface area contributed by atoms with Crippen molar-refractivity contribution in [3.63, 3.8) is 0 Å². The van der Waals surface area contributed by atoms with Crippen LogP contribution < -0.4 is 42.8 Å². The molecule has 4 aliphatic rings. The molecule has 9 amide bonds. The number of halogens is 1. The molecule has 31 nitrogen and oxygen atoms in total. The summed E-state index contributed by atoms with van der Waals surface area (Å²) in [6, 6.07) is -1.49. The van der Waals surface area contributed by atoms with Crippen molar-refractivity contribution in [1.82, 2.24) is 51.7 Å². The molecule has 0 saturated heterocycles. The number of methoxy groups -OCH3 is 1. The van der Waals surface area contributed by atoms with Crippen LogP contribution in [0.25, 0.3) is 22.3 Å². The molecule has 0 bridgehead atoms. The van der Waals surface area contributed by atoms with Crippen LogP contribution in [0.1, 0.15) is 118 Å². The van der Waals surface area contributed by atoms with Gasteiger partial charge in [-0.05, 0) is 94.0 Å². The number of fused-ring (bicyclic) bond motifs is 7. The lowest BCUT2D eigenvalue weighted by molar-refractivity contribution is -0.148. The monoisotopic (exact) mass is 1410 g/mol. The van der Waals surface area contributed by atoms with Crippen molar-refractivity contribution < 1.29 is 99.7 Å². The van der Waals surface area contributed by atoms with E-state index in [1.54, 1.807) is 17.7 Å². The number of nitrogens with one attached hydrogen (secondary N) is 7. The first kappa shape index (κ1) is 79.1. The zero-order valence-electron chi connectivity index (χ0n) is 57.6. The van der Waals surface area contributed by atoms with Crippen LogP contribution >= 0.6 is 0 Å². The number of aryl methyl sites for hydroxylation is 1. The van der Waals surface area contributed by atoms with Crippen molar-refractivity contribution in [2.75, 3.05) is 133 Å². The SMILES string of the molecule is CC[C@@H]1C(=O)OCc2c1cc1n(c2=O)Cc2c-1nc1cc(F)c3c(c1c2CNC(=O)COCNC(=O)[C@H](C)NC(=O)[C@H](C)NC(=O)[C@H](C)NC(=O)CC[C@H](NC(=O)CCCCCN1C(=O)C=CC1=O)C(=O)NCCOCCOCCOCCOCCOCCOCCOCCOC)CCC3. The molecule has 0 fully saturated rings. The first-order chi connectivity index (χ1) is 48.3.